The van der Waals surface area contributed by atoms with Gasteiger partial charge in [-0.3, -0.25) is 9.69 Å². The first kappa shape index (κ1) is 23.3. The van der Waals surface area contributed by atoms with E-state index < -0.39 is 5.82 Å². The van der Waals surface area contributed by atoms with Crippen molar-refractivity contribution < 1.29 is 18.7 Å². The van der Waals surface area contributed by atoms with E-state index >= 15 is 0 Å². The minimum atomic E-state index is -0.551. The fourth-order valence-electron chi connectivity index (χ4n) is 2.74. The second-order valence-electron chi connectivity index (χ2n) is 6.23. The van der Waals surface area contributed by atoms with Gasteiger partial charge in [0.05, 0.1) is 32.4 Å². The zero-order chi connectivity index (χ0) is 21.8. The van der Waals surface area contributed by atoms with Gasteiger partial charge in [-0.05, 0) is 77.9 Å². The van der Waals surface area contributed by atoms with Crippen LogP contribution in [0.25, 0.3) is 6.08 Å². The first-order valence-electron chi connectivity index (χ1n) is 9.17. The van der Waals surface area contributed by atoms with Gasteiger partial charge in [0.2, 0.25) is 0 Å². The van der Waals surface area contributed by atoms with Gasteiger partial charge in [0, 0.05) is 0 Å². The average Bonchev–Trinajstić information content (AvgIpc) is 2.97. The van der Waals surface area contributed by atoms with Crippen LogP contribution in [0.1, 0.15) is 25.8 Å². The Morgan fingerprint density at radius 1 is 1.27 bits per heavy atom. The SMILES string of the molecule is CCCOc1c(I)cc(/C=C2\SC(=S)N(c3ccc(F)c(Cl)c3)C2=O)cc1OCC. The lowest BCUT2D eigenvalue weighted by atomic mass is 10.1. The maximum absolute atomic E-state index is 13.5. The van der Waals surface area contributed by atoms with Crippen molar-refractivity contribution in [3.05, 3.63) is 55.2 Å². The summed E-state index contributed by atoms with van der Waals surface area (Å²) < 4.78 is 26.3. The maximum atomic E-state index is 13.5. The molecule has 1 aliphatic rings. The number of hydrogen-bond donors (Lipinski definition) is 0. The number of ether oxygens (including phenoxy) is 2. The van der Waals surface area contributed by atoms with Crippen molar-refractivity contribution in [1.82, 2.24) is 0 Å². The number of rotatable bonds is 7. The molecule has 0 atom stereocenters. The van der Waals surface area contributed by atoms with Crippen LogP contribution in [0.3, 0.4) is 0 Å². The van der Waals surface area contributed by atoms with Crippen LogP contribution in [0, 0.1) is 9.39 Å². The number of nitrogens with zero attached hydrogens (tertiary/aromatic N) is 1. The average molecular weight is 578 g/mol. The minimum absolute atomic E-state index is 0.0656. The first-order valence-corrected chi connectivity index (χ1v) is 11.9. The van der Waals surface area contributed by atoms with Gasteiger partial charge in [-0.2, -0.15) is 0 Å². The molecule has 1 saturated heterocycles. The summed E-state index contributed by atoms with van der Waals surface area (Å²) in [6.07, 6.45) is 2.65. The molecule has 4 nitrogen and oxygen atoms in total. The Bertz CT molecular complexity index is 1030. The molecule has 1 fully saturated rings. The number of anilines is 1. The minimum Gasteiger partial charge on any atom is -0.490 e. The van der Waals surface area contributed by atoms with E-state index in [4.69, 9.17) is 33.3 Å². The van der Waals surface area contributed by atoms with Crippen molar-refractivity contribution in [3.8, 4) is 11.5 Å². The molecule has 0 saturated carbocycles. The summed E-state index contributed by atoms with van der Waals surface area (Å²) in [7, 11) is 0. The molecule has 2 aromatic carbocycles. The van der Waals surface area contributed by atoms with Gasteiger partial charge in [-0.25, -0.2) is 4.39 Å². The van der Waals surface area contributed by atoms with Gasteiger partial charge < -0.3 is 9.47 Å². The Kier molecular flexibility index (Phi) is 8.00. The van der Waals surface area contributed by atoms with Crippen LogP contribution in [0.5, 0.6) is 11.5 Å². The molecule has 0 aromatic heterocycles. The van der Waals surface area contributed by atoms with Crippen molar-refractivity contribution in [1.29, 1.82) is 0 Å². The molecule has 1 amide bonds. The molecule has 1 heterocycles. The summed E-state index contributed by atoms with van der Waals surface area (Å²) in [5, 5.41) is -0.0656. The molecule has 0 radical (unpaired) electrons. The smallest absolute Gasteiger partial charge is 0.270 e. The van der Waals surface area contributed by atoms with Gasteiger partial charge >= 0.3 is 0 Å². The normalized spacial score (nSPS) is 15.2. The molecule has 0 bridgehead atoms. The Morgan fingerprint density at radius 3 is 2.70 bits per heavy atom. The van der Waals surface area contributed by atoms with Gasteiger partial charge in [0.25, 0.3) is 5.91 Å². The van der Waals surface area contributed by atoms with Crippen LogP contribution in [-0.2, 0) is 4.79 Å². The van der Waals surface area contributed by atoms with Gasteiger partial charge in [0.15, 0.2) is 15.8 Å². The highest BCUT2D eigenvalue weighted by molar-refractivity contribution is 14.1. The van der Waals surface area contributed by atoms with Crippen molar-refractivity contribution >= 4 is 80.2 Å². The van der Waals surface area contributed by atoms with E-state index in [1.165, 1.54) is 34.9 Å². The molecule has 0 N–H and O–H groups in total. The molecular weight excluding hydrogens is 560 g/mol. The highest BCUT2D eigenvalue weighted by Gasteiger charge is 2.33. The number of thiocarbonyl (C=S) groups is 1. The Morgan fingerprint density at radius 2 is 2.03 bits per heavy atom. The van der Waals surface area contributed by atoms with Crippen LogP contribution in [-0.4, -0.2) is 23.4 Å². The zero-order valence-corrected chi connectivity index (χ0v) is 20.8. The molecular formula is C21H18ClFINO3S2. The lowest BCUT2D eigenvalue weighted by Crippen LogP contribution is -2.27. The predicted octanol–water partition coefficient (Wildman–Crippen LogP) is 6.68. The van der Waals surface area contributed by atoms with Crippen LogP contribution < -0.4 is 14.4 Å². The van der Waals surface area contributed by atoms with Gasteiger partial charge in [-0.1, -0.05) is 42.5 Å². The number of halogens is 3. The fraction of sp³-hybridized carbons (Fsp3) is 0.238. The molecule has 9 heteroatoms. The Hall–Kier alpha value is -1.36. The Balaban J connectivity index is 1.94. The topological polar surface area (TPSA) is 38.8 Å². The van der Waals surface area contributed by atoms with E-state index in [0.717, 1.165) is 15.6 Å². The summed E-state index contributed by atoms with van der Waals surface area (Å²) in [4.78, 5) is 14.8. The van der Waals surface area contributed by atoms with Crippen molar-refractivity contribution in [2.75, 3.05) is 18.1 Å². The number of benzene rings is 2. The summed E-state index contributed by atoms with van der Waals surface area (Å²) in [6, 6.07) is 7.85. The van der Waals surface area contributed by atoms with Crippen molar-refractivity contribution in [3.63, 3.8) is 0 Å². The third kappa shape index (κ3) is 5.09. The van der Waals surface area contributed by atoms with E-state index in [9.17, 15) is 9.18 Å². The van der Waals surface area contributed by atoms with E-state index in [-0.39, 0.29) is 10.9 Å². The molecule has 1 aliphatic heterocycles. The molecule has 2 aromatic rings. The molecule has 0 unspecified atom stereocenters. The molecule has 0 aliphatic carbocycles. The number of carbonyl (C=O) groups excluding carboxylic acids is 1. The van der Waals surface area contributed by atoms with Crippen molar-refractivity contribution in [2.24, 2.45) is 0 Å². The standard InChI is InChI=1S/C21H18ClFINO3S2/c1-3-7-28-19-16(24)8-12(9-17(19)27-4-2)10-18-20(26)25(21(29)30-18)13-5-6-15(23)14(22)11-13/h5-6,8-11H,3-4,7H2,1-2H3/b18-10-. The second-order valence-corrected chi connectivity index (χ2v) is 9.47. The number of thioether (sulfide) groups is 1. The summed E-state index contributed by atoms with van der Waals surface area (Å²) in [5.74, 6) is 0.492. The maximum Gasteiger partial charge on any atom is 0.270 e. The summed E-state index contributed by atoms with van der Waals surface area (Å²) in [5.41, 5.74) is 1.23. The van der Waals surface area contributed by atoms with Gasteiger partial charge in [0.1, 0.15) is 5.82 Å². The lowest BCUT2D eigenvalue weighted by molar-refractivity contribution is -0.113. The monoisotopic (exact) mass is 577 g/mol. The summed E-state index contributed by atoms with van der Waals surface area (Å²) >= 11 is 14.6. The first-order chi connectivity index (χ1) is 14.3. The van der Waals surface area contributed by atoms with E-state index in [1.807, 2.05) is 26.0 Å². The van der Waals surface area contributed by atoms with E-state index in [1.54, 1.807) is 6.08 Å². The van der Waals surface area contributed by atoms with Crippen LogP contribution in [0.15, 0.2) is 35.2 Å². The molecule has 0 spiro atoms. The largest absolute Gasteiger partial charge is 0.490 e. The van der Waals surface area contributed by atoms with E-state index in [0.29, 0.717) is 39.6 Å². The third-order valence-corrected chi connectivity index (χ3v) is 6.43. The van der Waals surface area contributed by atoms with Crippen LogP contribution in [0.4, 0.5) is 10.1 Å². The lowest BCUT2D eigenvalue weighted by Gasteiger charge is -2.15. The van der Waals surface area contributed by atoms with Gasteiger partial charge in [-0.15, -0.1) is 0 Å². The Labute approximate surface area is 202 Å². The quantitative estimate of drug-likeness (QED) is 0.209. The third-order valence-electron chi connectivity index (χ3n) is 4.04. The predicted molar refractivity (Wildman–Crippen MR) is 133 cm³/mol. The molecule has 30 heavy (non-hydrogen) atoms. The second kappa shape index (κ2) is 10.3. The summed E-state index contributed by atoms with van der Waals surface area (Å²) in [6.45, 7) is 5.03. The number of hydrogen-bond acceptors (Lipinski definition) is 5. The van der Waals surface area contributed by atoms with Crippen molar-refractivity contribution in [2.45, 2.75) is 20.3 Å². The highest BCUT2D eigenvalue weighted by atomic mass is 127. The molecule has 3 rings (SSSR count). The van der Waals surface area contributed by atoms with Crippen LogP contribution in [0.2, 0.25) is 5.02 Å². The number of amides is 1. The van der Waals surface area contributed by atoms with E-state index in [2.05, 4.69) is 22.6 Å². The molecule has 158 valence electrons. The number of carbonyl (C=O) groups is 1. The van der Waals surface area contributed by atoms with Crippen LogP contribution >= 0.6 is 58.2 Å². The fourth-order valence-corrected chi connectivity index (χ4v) is 5.00. The highest BCUT2D eigenvalue weighted by Crippen LogP contribution is 2.39. The zero-order valence-electron chi connectivity index (χ0n) is 16.2.